The molecule has 96 valence electrons. The molecule has 2 rings (SSSR count). The molecule has 2 amide bonds. The molecule has 18 heavy (non-hydrogen) atoms. The van der Waals surface area contributed by atoms with Crippen molar-refractivity contribution < 1.29 is 9.59 Å². The van der Waals surface area contributed by atoms with Crippen molar-refractivity contribution in [1.29, 1.82) is 0 Å². The van der Waals surface area contributed by atoms with Crippen molar-refractivity contribution in [3.63, 3.8) is 0 Å². The molecule has 1 fully saturated rings. The van der Waals surface area contributed by atoms with Crippen LogP contribution in [0.15, 0.2) is 18.3 Å². The Morgan fingerprint density at radius 3 is 2.89 bits per heavy atom. The van der Waals surface area contributed by atoms with Crippen LogP contribution in [0.4, 0.5) is 5.69 Å². The van der Waals surface area contributed by atoms with Gasteiger partial charge in [-0.25, -0.2) is 4.98 Å². The summed E-state index contributed by atoms with van der Waals surface area (Å²) < 4.78 is 0. The first-order chi connectivity index (χ1) is 8.66. The minimum absolute atomic E-state index is 0.0354. The molecule has 1 saturated carbocycles. The molecule has 0 unspecified atom stereocenters. The largest absolute Gasteiger partial charge is 0.397 e. The lowest BCUT2D eigenvalue weighted by Crippen LogP contribution is -2.32. The number of carbonyl (C=O) groups excluding carboxylic acids is 2. The highest BCUT2D eigenvalue weighted by Crippen LogP contribution is 2.18. The van der Waals surface area contributed by atoms with Crippen molar-refractivity contribution in [2.45, 2.75) is 25.3 Å². The van der Waals surface area contributed by atoms with Crippen LogP contribution in [0.25, 0.3) is 0 Å². The van der Waals surface area contributed by atoms with Gasteiger partial charge in [-0.3, -0.25) is 9.59 Å². The molecule has 4 N–H and O–H groups in total. The second-order valence-corrected chi connectivity index (χ2v) is 4.29. The van der Waals surface area contributed by atoms with E-state index in [1.54, 1.807) is 12.1 Å². The first-order valence-corrected chi connectivity index (χ1v) is 5.95. The van der Waals surface area contributed by atoms with Gasteiger partial charge in [-0.15, -0.1) is 0 Å². The van der Waals surface area contributed by atoms with Gasteiger partial charge in [0.2, 0.25) is 5.91 Å². The quantitative estimate of drug-likeness (QED) is 0.686. The van der Waals surface area contributed by atoms with Crippen molar-refractivity contribution in [1.82, 2.24) is 15.6 Å². The monoisotopic (exact) mass is 248 g/mol. The lowest BCUT2D eigenvalue weighted by atomic mass is 10.3. The summed E-state index contributed by atoms with van der Waals surface area (Å²) in [6.45, 7) is 0.285. The number of carbonyl (C=O) groups is 2. The summed E-state index contributed by atoms with van der Waals surface area (Å²) in [6.07, 6.45) is 3.89. The van der Waals surface area contributed by atoms with Gasteiger partial charge in [0.25, 0.3) is 5.91 Å². The lowest BCUT2D eigenvalue weighted by Gasteiger charge is -2.06. The summed E-state index contributed by atoms with van der Waals surface area (Å²) in [7, 11) is 0. The number of hydrogen-bond donors (Lipinski definition) is 3. The third-order valence-corrected chi connectivity index (χ3v) is 2.63. The Balaban J connectivity index is 1.74. The van der Waals surface area contributed by atoms with E-state index in [1.165, 1.54) is 6.20 Å². The van der Waals surface area contributed by atoms with Crippen LogP contribution in [-0.2, 0) is 4.79 Å². The average Bonchev–Trinajstić information content (AvgIpc) is 3.13. The smallest absolute Gasteiger partial charge is 0.272 e. The van der Waals surface area contributed by atoms with Gasteiger partial charge in [0.1, 0.15) is 0 Å². The molecule has 0 spiro atoms. The molecule has 6 heteroatoms. The molecule has 0 radical (unpaired) electrons. The number of nitrogens with one attached hydrogen (secondary N) is 2. The van der Waals surface area contributed by atoms with E-state index in [2.05, 4.69) is 15.6 Å². The van der Waals surface area contributed by atoms with Crippen LogP contribution in [0.1, 0.15) is 29.8 Å². The summed E-state index contributed by atoms with van der Waals surface area (Å²) in [5.74, 6) is -0.390. The van der Waals surface area contributed by atoms with Crippen molar-refractivity contribution in [2.75, 3.05) is 12.3 Å². The zero-order chi connectivity index (χ0) is 13.0. The van der Waals surface area contributed by atoms with Crippen LogP contribution in [0.5, 0.6) is 0 Å². The lowest BCUT2D eigenvalue weighted by molar-refractivity contribution is -0.121. The van der Waals surface area contributed by atoms with Crippen molar-refractivity contribution in [2.24, 2.45) is 0 Å². The van der Waals surface area contributed by atoms with Gasteiger partial charge in [-0.1, -0.05) is 0 Å². The van der Waals surface area contributed by atoms with Crippen LogP contribution in [-0.4, -0.2) is 29.4 Å². The van der Waals surface area contributed by atoms with Crippen molar-refractivity contribution in [3.8, 4) is 0 Å². The molecule has 0 atom stereocenters. The third kappa shape index (κ3) is 3.44. The number of nitrogens with zero attached hydrogens (tertiary/aromatic N) is 1. The van der Waals surface area contributed by atoms with E-state index in [4.69, 9.17) is 5.73 Å². The van der Waals surface area contributed by atoms with E-state index in [-0.39, 0.29) is 30.5 Å². The third-order valence-electron chi connectivity index (χ3n) is 2.63. The molecule has 1 aliphatic carbocycles. The number of aromatic nitrogens is 1. The van der Waals surface area contributed by atoms with Gasteiger partial charge in [0, 0.05) is 25.2 Å². The summed E-state index contributed by atoms with van der Waals surface area (Å²) >= 11 is 0. The van der Waals surface area contributed by atoms with E-state index in [0.717, 1.165) is 12.8 Å². The van der Waals surface area contributed by atoms with E-state index in [0.29, 0.717) is 11.7 Å². The van der Waals surface area contributed by atoms with Crippen LogP contribution < -0.4 is 16.4 Å². The second-order valence-electron chi connectivity index (χ2n) is 4.29. The number of amides is 2. The van der Waals surface area contributed by atoms with E-state index < -0.39 is 0 Å². The van der Waals surface area contributed by atoms with Crippen molar-refractivity contribution >= 4 is 17.5 Å². The van der Waals surface area contributed by atoms with Crippen LogP contribution >= 0.6 is 0 Å². The fraction of sp³-hybridized carbons (Fsp3) is 0.417. The molecule has 0 aromatic carbocycles. The second kappa shape index (κ2) is 5.48. The summed E-state index contributed by atoms with van der Waals surface area (Å²) in [5.41, 5.74) is 6.15. The molecule has 1 heterocycles. The average molecular weight is 248 g/mol. The highest BCUT2D eigenvalue weighted by molar-refractivity contribution is 5.97. The summed E-state index contributed by atoms with van der Waals surface area (Å²) in [4.78, 5) is 27.0. The van der Waals surface area contributed by atoms with Crippen LogP contribution in [0, 0.1) is 0 Å². The van der Waals surface area contributed by atoms with Crippen LogP contribution in [0.2, 0.25) is 0 Å². The Hall–Kier alpha value is -2.11. The van der Waals surface area contributed by atoms with E-state index >= 15 is 0 Å². The zero-order valence-electron chi connectivity index (χ0n) is 9.98. The topological polar surface area (TPSA) is 97.1 Å². The molecule has 1 aromatic rings. The van der Waals surface area contributed by atoms with Gasteiger partial charge in [0.05, 0.1) is 5.69 Å². The summed E-state index contributed by atoms with van der Waals surface area (Å²) in [5, 5.41) is 5.47. The molecular weight excluding hydrogens is 232 g/mol. The van der Waals surface area contributed by atoms with E-state index in [1.807, 2.05) is 0 Å². The fourth-order valence-corrected chi connectivity index (χ4v) is 1.51. The summed E-state index contributed by atoms with van der Waals surface area (Å²) in [6, 6.07) is 3.62. The number of nitrogen functional groups attached to an aromatic ring is 1. The first kappa shape index (κ1) is 12.3. The predicted octanol–water partition coefficient (Wildman–Crippen LogP) is 0.0623. The number of pyridine rings is 1. The number of hydrogen-bond acceptors (Lipinski definition) is 4. The minimum atomic E-state index is -0.354. The number of rotatable bonds is 5. The fourth-order valence-electron chi connectivity index (χ4n) is 1.51. The molecule has 0 aliphatic heterocycles. The highest BCUT2D eigenvalue weighted by atomic mass is 16.2. The predicted molar refractivity (Wildman–Crippen MR) is 66.8 cm³/mol. The number of nitrogens with two attached hydrogens (primary N) is 1. The molecular formula is C12H16N4O2. The van der Waals surface area contributed by atoms with Gasteiger partial charge >= 0.3 is 0 Å². The Morgan fingerprint density at radius 2 is 2.22 bits per heavy atom. The van der Waals surface area contributed by atoms with Crippen LogP contribution in [0.3, 0.4) is 0 Å². The van der Waals surface area contributed by atoms with Gasteiger partial charge in [-0.05, 0) is 25.0 Å². The Labute approximate surface area is 105 Å². The number of anilines is 1. The molecule has 0 bridgehead atoms. The maximum atomic E-state index is 11.7. The minimum Gasteiger partial charge on any atom is -0.397 e. The maximum absolute atomic E-state index is 11.7. The van der Waals surface area contributed by atoms with E-state index in [9.17, 15) is 9.59 Å². The molecule has 6 nitrogen and oxygen atoms in total. The van der Waals surface area contributed by atoms with Gasteiger partial charge in [-0.2, -0.15) is 0 Å². The Bertz CT molecular complexity index is 457. The molecule has 1 aliphatic rings. The Kier molecular flexibility index (Phi) is 3.76. The molecule has 1 aromatic heterocycles. The highest BCUT2D eigenvalue weighted by Gasteiger charge is 2.22. The van der Waals surface area contributed by atoms with Gasteiger partial charge in [0.15, 0.2) is 5.69 Å². The van der Waals surface area contributed by atoms with Crippen molar-refractivity contribution in [3.05, 3.63) is 24.0 Å². The van der Waals surface area contributed by atoms with Gasteiger partial charge < -0.3 is 16.4 Å². The normalized spacial score (nSPS) is 14.0. The maximum Gasteiger partial charge on any atom is 0.272 e. The zero-order valence-corrected chi connectivity index (χ0v) is 9.98. The molecule has 0 saturated heterocycles. The SMILES string of the molecule is Nc1cccnc1C(=O)NCCC(=O)NC1CC1. The Morgan fingerprint density at radius 1 is 1.44 bits per heavy atom. The standard InChI is InChI=1S/C12H16N4O2/c13-9-2-1-6-14-11(9)12(18)15-7-5-10(17)16-8-3-4-8/h1-2,6,8H,3-5,7,13H2,(H,15,18)(H,16,17). The first-order valence-electron chi connectivity index (χ1n) is 5.95.